The summed E-state index contributed by atoms with van der Waals surface area (Å²) in [6.07, 6.45) is 0.965. The summed E-state index contributed by atoms with van der Waals surface area (Å²) in [5, 5.41) is 5.22. The topological polar surface area (TPSA) is 28.4 Å². The fraction of sp³-hybridized carbons (Fsp3) is 0.429. The van der Waals surface area contributed by atoms with Gasteiger partial charge in [0.15, 0.2) is 0 Å². The molecular formula is C14H17ClN2O. The van der Waals surface area contributed by atoms with Crippen LogP contribution in [-0.4, -0.2) is 37.6 Å². The van der Waals surface area contributed by atoms with Gasteiger partial charge in [-0.05, 0) is 24.3 Å². The largest absolute Gasteiger partial charge is 0.461 e. The van der Waals surface area contributed by atoms with Crippen molar-refractivity contribution in [3.8, 4) is 0 Å². The number of fused-ring (bicyclic) bond motifs is 1. The van der Waals surface area contributed by atoms with Gasteiger partial charge in [-0.25, -0.2) is 0 Å². The number of halogens is 1. The van der Waals surface area contributed by atoms with E-state index in [0.717, 1.165) is 60.9 Å². The van der Waals surface area contributed by atoms with Gasteiger partial charge >= 0.3 is 0 Å². The molecule has 1 N–H and O–H groups in total. The molecule has 0 spiro atoms. The molecule has 1 aromatic heterocycles. The van der Waals surface area contributed by atoms with Crippen molar-refractivity contribution in [3.63, 3.8) is 0 Å². The van der Waals surface area contributed by atoms with Crippen LogP contribution in [0.1, 0.15) is 5.76 Å². The minimum absolute atomic E-state index is 0.761. The molecule has 3 nitrogen and oxygen atoms in total. The molecule has 2 aromatic rings. The second kappa shape index (κ2) is 5.31. The van der Waals surface area contributed by atoms with Gasteiger partial charge in [0.1, 0.15) is 11.3 Å². The van der Waals surface area contributed by atoms with Crippen LogP contribution < -0.4 is 5.32 Å². The highest BCUT2D eigenvalue weighted by Gasteiger charge is 2.11. The average molecular weight is 265 g/mol. The second-order valence-corrected chi connectivity index (χ2v) is 5.17. The van der Waals surface area contributed by atoms with E-state index in [1.165, 1.54) is 0 Å². The number of nitrogens with one attached hydrogen (secondary N) is 1. The van der Waals surface area contributed by atoms with Crippen molar-refractivity contribution >= 4 is 22.6 Å². The van der Waals surface area contributed by atoms with Crippen LogP contribution in [0.15, 0.2) is 28.7 Å². The number of hydrogen-bond donors (Lipinski definition) is 1. The van der Waals surface area contributed by atoms with Crippen molar-refractivity contribution in [2.24, 2.45) is 0 Å². The Morgan fingerprint density at radius 1 is 1.22 bits per heavy atom. The lowest BCUT2D eigenvalue weighted by molar-refractivity contribution is 0.239. The van der Waals surface area contributed by atoms with E-state index < -0.39 is 0 Å². The summed E-state index contributed by atoms with van der Waals surface area (Å²) in [4.78, 5) is 2.47. The smallest absolute Gasteiger partial charge is 0.134 e. The Labute approximate surface area is 112 Å². The van der Waals surface area contributed by atoms with Crippen LogP contribution in [0.4, 0.5) is 0 Å². The van der Waals surface area contributed by atoms with Crippen LogP contribution in [-0.2, 0) is 6.42 Å². The Hall–Kier alpha value is -1.03. The molecule has 1 fully saturated rings. The third-order valence-electron chi connectivity index (χ3n) is 3.41. The maximum Gasteiger partial charge on any atom is 0.134 e. The predicted octanol–water partition coefficient (Wildman–Crippen LogP) is 2.53. The van der Waals surface area contributed by atoms with Gasteiger partial charge in [-0.1, -0.05) is 11.6 Å². The van der Waals surface area contributed by atoms with E-state index in [1.807, 2.05) is 18.2 Å². The highest BCUT2D eigenvalue weighted by atomic mass is 35.5. The van der Waals surface area contributed by atoms with Crippen LogP contribution in [0.5, 0.6) is 0 Å². The molecule has 3 rings (SSSR count). The van der Waals surface area contributed by atoms with E-state index in [4.69, 9.17) is 16.0 Å². The van der Waals surface area contributed by atoms with Gasteiger partial charge in [-0.3, -0.25) is 0 Å². The number of piperazine rings is 1. The molecule has 0 atom stereocenters. The molecule has 18 heavy (non-hydrogen) atoms. The number of benzene rings is 1. The lowest BCUT2D eigenvalue weighted by Crippen LogP contribution is -2.44. The average Bonchev–Trinajstić information content (AvgIpc) is 2.79. The Morgan fingerprint density at radius 3 is 2.89 bits per heavy atom. The molecular weight excluding hydrogens is 248 g/mol. The number of hydrogen-bond acceptors (Lipinski definition) is 3. The first-order valence-corrected chi connectivity index (χ1v) is 6.80. The molecule has 4 heteroatoms. The highest BCUT2D eigenvalue weighted by Crippen LogP contribution is 2.23. The summed E-state index contributed by atoms with van der Waals surface area (Å²) in [6, 6.07) is 7.86. The molecule has 0 radical (unpaired) electrons. The van der Waals surface area contributed by atoms with Crippen LogP contribution >= 0.6 is 11.6 Å². The van der Waals surface area contributed by atoms with Crippen LogP contribution in [0.3, 0.4) is 0 Å². The summed E-state index contributed by atoms with van der Waals surface area (Å²) in [5.41, 5.74) is 0.926. The quantitative estimate of drug-likeness (QED) is 0.924. The fourth-order valence-corrected chi connectivity index (χ4v) is 2.58. The van der Waals surface area contributed by atoms with E-state index in [1.54, 1.807) is 0 Å². The van der Waals surface area contributed by atoms with Gasteiger partial charge in [0.2, 0.25) is 0 Å². The third-order valence-corrected chi connectivity index (χ3v) is 3.65. The minimum Gasteiger partial charge on any atom is -0.461 e. The van der Waals surface area contributed by atoms with Crippen molar-refractivity contribution in [1.29, 1.82) is 0 Å². The molecule has 0 saturated carbocycles. The summed E-state index contributed by atoms with van der Waals surface area (Å²) in [7, 11) is 0. The summed E-state index contributed by atoms with van der Waals surface area (Å²) >= 11 is 5.97. The monoisotopic (exact) mass is 264 g/mol. The first kappa shape index (κ1) is 12.0. The first-order chi connectivity index (χ1) is 8.81. The van der Waals surface area contributed by atoms with E-state index >= 15 is 0 Å². The zero-order chi connectivity index (χ0) is 12.4. The standard InChI is InChI=1S/C14H17ClN2O/c15-12-1-2-14-11(9-12)10-13(18-14)3-6-17-7-4-16-5-8-17/h1-2,9-10,16H,3-8H2. The fourth-order valence-electron chi connectivity index (χ4n) is 2.40. The SMILES string of the molecule is Clc1ccc2oc(CCN3CCNCC3)cc2c1. The van der Waals surface area contributed by atoms with E-state index in [-0.39, 0.29) is 0 Å². The second-order valence-electron chi connectivity index (χ2n) is 4.74. The Balaban J connectivity index is 1.67. The Bertz CT molecular complexity index is 532. The third kappa shape index (κ3) is 2.69. The van der Waals surface area contributed by atoms with Crippen LogP contribution in [0.2, 0.25) is 5.02 Å². The van der Waals surface area contributed by atoms with Gasteiger partial charge in [-0.2, -0.15) is 0 Å². The molecule has 1 saturated heterocycles. The lowest BCUT2D eigenvalue weighted by Gasteiger charge is -2.26. The minimum atomic E-state index is 0.761. The summed E-state index contributed by atoms with van der Waals surface area (Å²) in [5.74, 6) is 1.05. The summed E-state index contributed by atoms with van der Waals surface area (Å²) < 4.78 is 5.81. The van der Waals surface area contributed by atoms with Crippen molar-refractivity contribution in [2.75, 3.05) is 32.7 Å². The molecule has 0 amide bonds. The molecule has 2 heterocycles. The van der Waals surface area contributed by atoms with Crippen LogP contribution in [0.25, 0.3) is 11.0 Å². The van der Waals surface area contributed by atoms with Crippen LogP contribution in [0, 0.1) is 0 Å². The highest BCUT2D eigenvalue weighted by molar-refractivity contribution is 6.31. The van der Waals surface area contributed by atoms with Gasteiger partial charge < -0.3 is 14.6 Å². The van der Waals surface area contributed by atoms with E-state index in [2.05, 4.69) is 16.3 Å². The maximum absolute atomic E-state index is 5.97. The normalized spacial score (nSPS) is 17.4. The molecule has 96 valence electrons. The Kier molecular flexibility index (Phi) is 3.55. The van der Waals surface area contributed by atoms with Crippen molar-refractivity contribution in [2.45, 2.75) is 6.42 Å². The van der Waals surface area contributed by atoms with Gasteiger partial charge in [0.25, 0.3) is 0 Å². The molecule has 1 aliphatic rings. The van der Waals surface area contributed by atoms with Crippen molar-refractivity contribution in [3.05, 3.63) is 35.0 Å². The van der Waals surface area contributed by atoms with Crippen molar-refractivity contribution < 1.29 is 4.42 Å². The molecule has 1 aliphatic heterocycles. The van der Waals surface area contributed by atoms with Gasteiger partial charge in [0.05, 0.1) is 0 Å². The van der Waals surface area contributed by atoms with Gasteiger partial charge in [0, 0.05) is 49.6 Å². The number of nitrogens with zero attached hydrogens (tertiary/aromatic N) is 1. The summed E-state index contributed by atoms with van der Waals surface area (Å²) in [6.45, 7) is 5.51. The number of furan rings is 1. The first-order valence-electron chi connectivity index (χ1n) is 6.42. The van der Waals surface area contributed by atoms with E-state index in [9.17, 15) is 0 Å². The van der Waals surface area contributed by atoms with Crippen molar-refractivity contribution in [1.82, 2.24) is 10.2 Å². The lowest BCUT2D eigenvalue weighted by atomic mass is 10.2. The molecule has 0 unspecified atom stereocenters. The zero-order valence-corrected chi connectivity index (χ0v) is 11.0. The molecule has 1 aromatic carbocycles. The Morgan fingerprint density at radius 2 is 2.06 bits per heavy atom. The molecule has 0 aliphatic carbocycles. The van der Waals surface area contributed by atoms with E-state index in [0.29, 0.717) is 0 Å². The zero-order valence-electron chi connectivity index (χ0n) is 10.3. The maximum atomic E-state index is 5.97. The number of rotatable bonds is 3. The van der Waals surface area contributed by atoms with Gasteiger partial charge in [-0.15, -0.1) is 0 Å². The molecule has 0 bridgehead atoms. The predicted molar refractivity (Wildman–Crippen MR) is 74.2 cm³/mol.